The first-order valence-electron chi connectivity index (χ1n) is 6.23. The highest BCUT2D eigenvalue weighted by Gasteiger charge is 2.34. The molecule has 0 saturated heterocycles. The van der Waals surface area contributed by atoms with E-state index in [2.05, 4.69) is 13.0 Å². The van der Waals surface area contributed by atoms with Gasteiger partial charge in [-0.3, -0.25) is 9.59 Å². The number of ether oxygens (including phenoxy) is 1. The second kappa shape index (κ2) is 6.10. The lowest BCUT2D eigenvalue weighted by atomic mass is 9.78. The largest absolute Gasteiger partial charge is 0.380 e. The van der Waals surface area contributed by atoms with Crippen LogP contribution in [0.3, 0.4) is 0 Å². The van der Waals surface area contributed by atoms with E-state index in [0.29, 0.717) is 0 Å². The van der Waals surface area contributed by atoms with Crippen LogP contribution in [0.2, 0.25) is 0 Å². The molecular formula is C14H22O3. The van der Waals surface area contributed by atoms with Crippen LogP contribution in [0.15, 0.2) is 11.6 Å². The zero-order valence-corrected chi connectivity index (χ0v) is 11.2. The normalized spacial score (nSPS) is 23.8. The first-order valence-corrected chi connectivity index (χ1v) is 6.23. The monoisotopic (exact) mass is 238 g/mol. The summed E-state index contributed by atoms with van der Waals surface area (Å²) in [4.78, 5) is 22.9. The van der Waals surface area contributed by atoms with E-state index in [-0.39, 0.29) is 29.5 Å². The standard InChI is InChI=1S/C14H22O3/c1-9-7-5-6-8-12(9)14(17-4)10(2)13(16)11(3)15/h7,10,12,14H,5-6,8H2,1-4H3/t10-,12+,14+/m0/s1. The van der Waals surface area contributed by atoms with E-state index in [0.717, 1.165) is 19.3 Å². The first kappa shape index (κ1) is 14.1. The molecule has 0 bridgehead atoms. The van der Waals surface area contributed by atoms with Crippen molar-refractivity contribution in [2.24, 2.45) is 11.8 Å². The summed E-state index contributed by atoms with van der Waals surface area (Å²) in [5, 5.41) is 0. The molecule has 3 atom stereocenters. The van der Waals surface area contributed by atoms with Crippen molar-refractivity contribution in [1.29, 1.82) is 0 Å². The minimum atomic E-state index is -0.378. The van der Waals surface area contributed by atoms with Gasteiger partial charge in [-0.15, -0.1) is 0 Å². The molecule has 0 aliphatic heterocycles. The number of Topliss-reactive ketones (excluding diaryl/α,β-unsaturated/α-hetero) is 2. The smallest absolute Gasteiger partial charge is 0.203 e. The molecule has 0 spiro atoms. The second-order valence-corrected chi connectivity index (χ2v) is 4.89. The fourth-order valence-electron chi connectivity index (χ4n) is 2.66. The van der Waals surface area contributed by atoms with Crippen molar-refractivity contribution in [3.05, 3.63) is 11.6 Å². The van der Waals surface area contributed by atoms with Gasteiger partial charge < -0.3 is 4.74 Å². The lowest BCUT2D eigenvalue weighted by Crippen LogP contribution is -2.38. The van der Waals surface area contributed by atoms with Crippen molar-refractivity contribution < 1.29 is 14.3 Å². The average Bonchev–Trinajstić information content (AvgIpc) is 2.31. The molecule has 0 heterocycles. The fraction of sp³-hybridized carbons (Fsp3) is 0.714. The summed E-state index contributed by atoms with van der Waals surface area (Å²) in [6.07, 6.45) is 5.31. The summed E-state index contributed by atoms with van der Waals surface area (Å²) in [5.74, 6) is -0.789. The number of carbonyl (C=O) groups excluding carboxylic acids is 2. The van der Waals surface area contributed by atoms with Crippen molar-refractivity contribution in [3.63, 3.8) is 0 Å². The maximum Gasteiger partial charge on any atom is 0.203 e. The molecule has 1 aliphatic rings. The van der Waals surface area contributed by atoms with Crippen LogP contribution in [0.4, 0.5) is 0 Å². The molecule has 3 nitrogen and oxygen atoms in total. The van der Waals surface area contributed by atoms with Crippen LogP contribution in [-0.2, 0) is 14.3 Å². The van der Waals surface area contributed by atoms with Crippen molar-refractivity contribution in [3.8, 4) is 0 Å². The minimum Gasteiger partial charge on any atom is -0.380 e. The topological polar surface area (TPSA) is 43.4 Å². The Morgan fingerprint density at radius 3 is 2.59 bits per heavy atom. The first-order chi connectivity index (χ1) is 7.99. The predicted octanol–water partition coefficient (Wildman–Crippen LogP) is 2.54. The van der Waals surface area contributed by atoms with Gasteiger partial charge in [-0.2, -0.15) is 0 Å². The number of ketones is 2. The van der Waals surface area contributed by atoms with Gasteiger partial charge in [0.1, 0.15) is 0 Å². The van der Waals surface area contributed by atoms with Crippen molar-refractivity contribution in [2.45, 2.75) is 46.1 Å². The van der Waals surface area contributed by atoms with Gasteiger partial charge in [-0.1, -0.05) is 18.6 Å². The molecule has 0 unspecified atom stereocenters. The van der Waals surface area contributed by atoms with Crippen molar-refractivity contribution >= 4 is 11.6 Å². The molecule has 17 heavy (non-hydrogen) atoms. The predicted molar refractivity (Wildman–Crippen MR) is 66.7 cm³/mol. The Kier molecular flexibility index (Phi) is 5.06. The molecule has 0 amide bonds. The highest BCUT2D eigenvalue weighted by Crippen LogP contribution is 2.32. The second-order valence-electron chi connectivity index (χ2n) is 4.89. The Bertz CT molecular complexity index is 330. The van der Waals surface area contributed by atoms with Crippen LogP contribution in [0.5, 0.6) is 0 Å². The average molecular weight is 238 g/mol. The lowest BCUT2D eigenvalue weighted by molar-refractivity contribution is -0.141. The number of methoxy groups -OCH3 is 1. The molecule has 96 valence electrons. The SMILES string of the molecule is CO[C@@H]([C@@H]1CCCC=C1C)[C@@H](C)C(=O)C(C)=O. The highest BCUT2D eigenvalue weighted by molar-refractivity contribution is 6.37. The van der Waals surface area contributed by atoms with E-state index in [1.807, 2.05) is 0 Å². The van der Waals surface area contributed by atoms with Crippen LogP contribution in [0.1, 0.15) is 40.0 Å². The van der Waals surface area contributed by atoms with Gasteiger partial charge in [0.05, 0.1) is 6.10 Å². The van der Waals surface area contributed by atoms with Gasteiger partial charge in [0.2, 0.25) is 5.78 Å². The van der Waals surface area contributed by atoms with Crippen molar-refractivity contribution in [2.75, 3.05) is 7.11 Å². The third-order valence-corrected chi connectivity index (χ3v) is 3.69. The summed E-state index contributed by atoms with van der Waals surface area (Å²) in [6, 6.07) is 0. The number of allylic oxidation sites excluding steroid dienone is 1. The van der Waals surface area contributed by atoms with Gasteiger partial charge in [0, 0.05) is 25.9 Å². The van der Waals surface area contributed by atoms with Gasteiger partial charge in [0.25, 0.3) is 0 Å². The molecule has 0 radical (unpaired) electrons. The zero-order valence-electron chi connectivity index (χ0n) is 11.2. The molecule has 1 aliphatic carbocycles. The summed E-state index contributed by atoms with van der Waals surface area (Å²) in [7, 11) is 1.62. The highest BCUT2D eigenvalue weighted by atomic mass is 16.5. The summed E-state index contributed by atoms with van der Waals surface area (Å²) in [6.45, 7) is 5.20. The maximum atomic E-state index is 11.7. The summed E-state index contributed by atoms with van der Waals surface area (Å²) in [5.41, 5.74) is 1.28. The van der Waals surface area contributed by atoms with Crippen molar-refractivity contribution in [1.82, 2.24) is 0 Å². The fourth-order valence-corrected chi connectivity index (χ4v) is 2.66. The quantitative estimate of drug-likeness (QED) is 0.546. The van der Waals surface area contributed by atoms with E-state index in [1.165, 1.54) is 12.5 Å². The zero-order chi connectivity index (χ0) is 13.0. The Morgan fingerprint density at radius 1 is 1.47 bits per heavy atom. The molecular weight excluding hydrogens is 216 g/mol. The molecule has 3 heteroatoms. The van der Waals surface area contributed by atoms with E-state index < -0.39 is 0 Å². The summed E-state index contributed by atoms with van der Waals surface area (Å²) >= 11 is 0. The Balaban J connectivity index is 2.83. The van der Waals surface area contributed by atoms with Crippen LogP contribution >= 0.6 is 0 Å². The number of hydrogen-bond donors (Lipinski definition) is 0. The van der Waals surface area contributed by atoms with Crippen LogP contribution in [0, 0.1) is 11.8 Å². The van der Waals surface area contributed by atoms with Gasteiger partial charge >= 0.3 is 0 Å². The minimum absolute atomic E-state index is 0.178. The Labute approximate surface area is 103 Å². The third-order valence-electron chi connectivity index (χ3n) is 3.69. The molecule has 0 aromatic carbocycles. The maximum absolute atomic E-state index is 11.7. The molecule has 0 saturated carbocycles. The third kappa shape index (κ3) is 3.25. The van der Waals surface area contributed by atoms with Gasteiger partial charge in [-0.05, 0) is 26.2 Å². The van der Waals surface area contributed by atoms with Gasteiger partial charge in [-0.25, -0.2) is 0 Å². The van der Waals surface area contributed by atoms with Crippen LogP contribution in [0.25, 0.3) is 0 Å². The molecule has 0 aromatic heterocycles. The molecule has 1 rings (SSSR count). The van der Waals surface area contributed by atoms with E-state index >= 15 is 0 Å². The summed E-state index contributed by atoms with van der Waals surface area (Å²) < 4.78 is 5.48. The number of hydrogen-bond acceptors (Lipinski definition) is 3. The number of carbonyl (C=O) groups is 2. The van der Waals surface area contributed by atoms with Crippen LogP contribution in [-0.4, -0.2) is 24.8 Å². The Hall–Kier alpha value is -0.960. The van der Waals surface area contributed by atoms with E-state index in [9.17, 15) is 9.59 Å². The number of rotatable bonds is 5. The van der Waals surface area contributed by atoms with E-state index in [1.54, 1.807) is 14.0 Å². The Morgan fingerprint density at radius 2 is 2.12 bits per heavy atom. The molecule has 0 N–H and O–H groups in total. The van der Waals surface area contributed by atoms with E-state index in [4.69, 9.17) is 4.74 Å². The van der Waals surface area contributed by atoms with Gasteiger partial charge in [0.15, 0.2) is 5.78 Å². The molecule has 0 fully saturated rings. The lowest BCUT2D eigenvalue weighted by Gasteiger charge is -2.32. The molecule has 0 aromatic rings. The van der Waals surface area contributed by atoms with Crippen LogP contribution < -0.4 is 0 Å².